The van der Waals surface area contributed by atoms with Crippen LogP contribution in [0, 0.1) is 0 Å². The van der Waals surface area contributed by atoms with E-state index in [1.807, 2.05) is 42.5 Å². The van der Waals surface area contributed by atoms with Crippen LogP contribution >= 0.6 is 11.8 Å². The molecule has 0 radical (unpaired) electrons. The molecule has 5 nitrogen and oxygen atoms in total. The number of benzene rings is 3. The summed E-state index contributed by atoms with van der Waals surface area (Å²) < 4.78 is 55.4. The summed E-state index contributed by atoms with van der Waals surface area (Å²) in [7, 11) is 1.62. The highest BCUT2D eigenvalue weighted by Crippen LogP contribution is 2.35. The van der Waals surface area contributed by atoms with E-state index >= 15 is 0 Å². The number of aromatic nitrogens is 2. The number of furan rings is 1. The van der Waals surface area contributed by atoms with Crippen molar-refractivity contribution in [3.63, 3.8) is 0 Å². The van der Waals surface area contributed by atoms with Crippen LogP contribution in [0.4, 0.5) is 13.2 Å². The molecule has 0 atom stereocenters. The lowest BCUT2D eigenvalue weighted by atomic mass is 10.0. The highest BCUT2D eigenvalue weighted by Gasteiger charge is 2.30. The van der Waals surface area contributed by atoms with Gasteiger partial charge in [0.15, 0.2) is 0 Å². The van der Waals surface area contributed by atoms with E-state index in [-0.39, 0.29) is 11.0 Å². The lowest BCUT2D eigenvalue weighted by molar-refractivity contribution is -0.137. The molecule has 5 aromatic rings. The summed E-state index contributed by atoms with van der Waals surface area (Å²) in [6.07, 6.45) is -2.69. The van der Waals surface area contributed by atoms with Gasteiger partial charge in [-0.25, -0.2) is 0 Å². The minimum atomic E-state index is -4.38. The molecule has 0 amide bonds. The Balaban J connectivity index is 1.36. The maximum atomic E-state index is 12.9. The first-order valence-corrected chi connectivity index (χ1v) is 11.2. The number of thioether (sulfide) groups is 1. The van der Waals surface area contributed by atoms with Crippen molar-refractivity contribution in [2.24, 2.45) is 0 Å². The molecule has 0 saturated heterocycles. The van der Waals surface area contributed by atoms with Crippen LogP contribution < -0.4 is 4.74 Å². The van der Waals surface area contributed by atoms with E-state index in [0.717, 1.165) is 34.4 Å². The summed E-state index contributed by atoms with van der Waals surface area (Å²) in [5, 5.41) is 9.30. The molecule has 0 saturated carbocycles. The molecule has 0 aliphatic carbocycles. The zero-order valence-electron chi connectivity index (χ0n) is 17.8. The van der Waals surface area contributed by atoms with Crippen LogP contribution in [0.1, 0.15) is 11.1 Å². The number of alkyl halides is 3. The van der Waals surface area contributed by atoms with Crippen molar-refractivity contribution in [1.82, 2.24) is 10.2 Å². The van der Waals surface area contributed by atoms with Crippen LogP contribution in [0.5, 0.6) is 5.75 Å². The second kappa shape index (κ2) is 8.90. The van der Waals surface area contributed by atoms with Gasteiger partial charge in [0.2, 0.25) is 5.89 Å². The molecule has 34 heavy (non-hydrogen) atoms. The molecule has 172 valence electrons. The monoisotopic (exact) mass is 482 g/mol. The summed E-state index contributed by atoms with van der Waals surface area (Å²) in [6.45, 7) is 0. The van der Waals surface area contributed by atoms with Crippen LogP contribution in [0.3, 0.4) is 0 Å². The molecule has 0 aliphatic heterocycles. The molecule has 2 aromatic heterocycles. The standard InChI is InChI=1S/C25H17F3N2O3S/c1-31-19-8-5-16(6-9-19)21-13-32-22-10-7-17(12-20(21)22)23-29-30-24(33-23)34-14-15-3-2-4-18(11-15)25(26,27)28/h2-13H,14H2,1H3. The van der Waals surface area contributed by atoms with Crippen LogP contribution in [-0.4, -0.2) is 17.3 Å². The van der Waals surface area contributed by atoms with E-state index < -0.39 is 11.7 Å². The van der Waals surface area contributed by atoms with Gasteiger partial charge in [-0.05, 0) is 47.5 Å². The molecule has 3 aromatic carbocycles. The zero-order chi connectivity index (χ0) is 23.7. The highest BCUT2D eigenvalue weighted by molar-refractivity contribution is 7.98. The average Bonchev–Trinajstić information content (AvgIpc) is 3.49. The summed E-state index contributed by atoms with van der Waals surface area (Å²) in [5.41, 5.74) is 3.15. The normalized spacial score (nSPS) is 11.8. The Morgan fingerprint density at radius 2 is 1.74 bits per heavy atom. The smallest absolute Gasteiger partial charge is 0.416 e. The fourth-order valence-corrected chi connectivity index (χ4v) is 4.23. The van der Waals surface area contributed by atoms with Crippen molar-refractivity contribution in [3.05, 3.63) is 84.1 Å². The number of fused-ring (bicyclic) bond motifs is 1. The Kier molecular flexibility index (Phi) is 5.79. The second-order valence-corrected chi connectivity index (χ2v) is 8.38. The minimum Gasteiger partial charge on any atom is -0.497 e. The highest BCUT2D eigenvalue weighted by atomic mass is 32.2. The molecular formula is C25H17F3N2O3S. The van der Waals surface area contributed by atoms with Gasteiger partial charge in [-0.2, -0.15) is 13.2 Å². The first-order chi connectivity index (χ1) is 16.4. The van der Waals surface area contributed by atoms with E-state index in [2.05, 4.69) is 10.2 Å². The summed E-state index contributed by atoms with van der Waals surface area (Å²) in [4.78, 5) is 0. The Hall–Kier alpha value is -3.72. The number of hydrogen-bond acceptors (Lipinski definition) is 6. The van der Waals surface area contributed by atoms with E-state index in [0.29, 0.717) is 22.6 Å². The third-order valence-corrected chi connectivity index (χ3v) is 6.13. The number of ether oxygens (including phenoxy) is 1. The van der Waals surface area contributed by atoms with Gasteiger partial charge in [0.25, 0.3) is 5.22 Å². The lowest BCUT2D eigenvalue weighted by Gasteiger charge is -2.07. The van der Waals surface area contributed by atoms with Crippen LogP contribution in [-0.2, 0) is 11.9 Å². The molecule has 5 rings (SSSR count). The van der Waals surface area contributed by atoms with Gasteiger partial charge in [0.1, 0.15) is 11.3 Å². The Labute approximate surface area is 196 Å². The number of rotatable bonds is 6. The van der Waals surface area contributed by atoms with Crippen molar-refractivity contribution in [3.8, 4) is 28.3 Å². The fraction of sp³-hybridized carbons (Fsp3) is 0.120. The van der Waals surface area contributed by atoms with Crippen LogP contribution in [0.2, 0.25) is 0 Å². The summed E-state index contributed by atoms with van der Waals surface area (Å²) in [6, 6.07) is 18.4. The molecule has 0 aliphatic rings. The first kappa shape index (κ1) is 22.1. The molecule has 0 bridgehead atoms. The van der Waals surface area contributed by atoms with E-state index in [9.17, 15) is 13.2 Å². The van der Waals surface area contributed by atoms with E-state index in [4.69, 9.17) is 13.6 Å². The minimum absolute atomic E-state index is 0.272. The Morgan fingerprint density at radius 3 is 2.50 bits per heavy atom. The van der Waals surface area contributed by atoms with Crippen molar-refractivity contribution >= 4 is 22.7 Å². The quantitative estimate of drug-likeness (QED) is 0.234. The SMILES string of the molecule is COc1ccc(-c2coc3ccc(-c4nnc(SCc5cccc(C(F)(F)F)c5)o4)cc23)cc1. The van der Waals surface area contributed by atoms with Crippen LogP contribution in [0.25, 0.3) is 33.6 Å². The molecule has 0 fully saturated rings. The van der Waals surface area contributed by atoms with Crippen molar-refractivity contribution < 1.29 is 26.7 Å². The van der Waals surface area contributed by atoms with Gasteiger partial charge >= 0.3 is 6.18 Å². The molecule has 0 unspecified atom stereocenters. The zero-order valence-corrected chi connectivity index (χ0v) is 18.6. The Bertz CT molecular complexity index is 1440. The van der Waals surface area contributed by atoms with E-state index in [1.54, 1.807) is 19.4 Å². The first-order valence-electron chi connectivity index (χ1n) is 10.2. The van der Waals surface area contributed by atoms with Crippen LogP contribution in [0.15, 0.2) is 87.1 Å². The predicted molar refractivity (Wildman–Crippen MR) is 122 cm³/mol. The molecule has 2 heterocycles. The van der Waals surface area contributed by atoms with Crippen molar-refractivity contribution in [2.75, 3.05) is 7.11 Å². The molecule has 9 heteroatoms. The lowest BCUT2D eigenvalue weighted by Crippen LogP contribution is -2.04. The number of hydrogen-bond donors (Lipinski definition) is 0. The van der Waals surface area contributed by atoms with Gasteiger partial charge in [-0.1, -0.05) is 42.1 Å². The number of nitrogens with zero attached hydrogens (tertiary/aromatic N) is 2. The third kappa shape index (κ3) is 4.51. The van der Waals surface area contributed by atoms with Gasteiger partial charge in [0, 0.05) is 22.3 Å². The number of halogens is 3. The largest absolute Gasteiger partial charge is 0.497 e. The molecular weight excluding hydrogens is 465 g/mol. The summed E-state index contributed by atoms with van der Waals surface area (Å²) in [5.74, 6) is 1.35. The van der Waals surface area contributed by atoms with Gasteiger partial charge < -0.3 is 13.6 Å². The molecule has 0 N–H and O–H groups in total. The van der Waals surface area contributed by atoms with Gasteiger partial charge in [-0.3, -0.25) is 0 Å². The Morgan fingerprint density at radius 1 is 0.941 bits per heavy atom. The number of methoxy groups -OCH3 is 1. The maximum Gasteiger partial charge on any atom is 0.416 e. The fourth-order valence-electron chi connectivity index (χ4n) is 3.52. The predicted octanol–water partition coefficient (Wildman–Crippen LogP) is 7.47. The third-order valence-electron chi connectivity index (χ3n) is 5.24. The second-order valence-electron chi connectivity index (χ2n) is 7.45. The van der Waals surface area contributed by atoms with Gasteiger partial charge in [0.05, 0.1) is 18.9 Å². The van der Waals surface area contributed by atoms with Gasteiger partial charge in [-0.15, -0.1) is 10.2 Å². The average molecular weight is 482 g/mol. The molecule has 0 spiro atoms. The van der Waals surface area contributed by atoms with E-state index in [1.165, 1.54) is 17.8 Å². The summed E-state index contributed by atoms with van der Waals surface area (Å²) >= 11 is 1.18. The maximum absolute atomic E-state index is 12.9. The van der Waals surface area contributed by atoms with Crippen molar-refractivity contribution in [2.45, 2.75) is 17.2 Å². The van der Waals surface area contributed by atoms with Crippen molar-refractivity contribution in [1.29, 1.82) is 0 Å². The topological polar surface area (TPSA) is 61.3 Å².